The van der Waals surface area contributed by atoms with E-state index in [4.69, 9.17) is 9.84 Å². The summed E-state index contributed by atoms with van der Waals surface area (Å²) >= 11 is 0. The van der Waals surface area contributed by atoms with Crippen LogP contribution in [0.25, 0.3) is 16.9 Å². The van der Waals surface area contributed by atoms with Gasteiger partial charge in [0.1, 0.15) is 11.4 Å². The predicted molar refractivity (Wildman–Crippen MR) is 111 cm³/mol. The van der Waals surface area contributed by atoms with E-state index in [0.717, 1.165) is 34.8 Å². The van der Waals surface area contributed by atoms with Crippen LogP contribution < -0.4 is 10.1 Å². The fourth-order valence-electron chi connectivity index (χ4n) is 2.83. The summed E-state index contributed by atoms with van der Waals surface area (Å²) in [5.41, 5.74) is 4.11. The first-order valence-electron chi connectivity index (χ1n) is 9.22. The molecule has 0 aliphatic heterocycles. The molecule has 6 nitrogen and oxygen atoms in total. The Balaban J connectivity index is 1.99. The van der Waals surface area contributed by atoms with Gasteiger partial charge in [-0.2, -0.15) is 5.10 Å². The summed E-state index contributed by atoms with van der Waals surface area (Å²) in [6.45, 7) is 3.37. The van der Waals surface area contributed by atoms with Crippen molar-refractivity contribution < 1.29 is 9.53 Å². The Morgan fingerprint density at radius 2 is 1.89 bits per heavy atom. The molecule has 0 fully saturated rings. The third-order valence-corrected chi connectivity index (χ3v) is 4.43. The lowest BCUT2D eigenvalue weighted by atomic mass is 10.1. The van der Waals surface area contributed by atoms with E-state index < -0.39 is 0 Å². The summed E-state index contributed by atoms with van der Waals surface area (Å²) in [5, 5.41) is 7.68. The van der Waals surface area contributed by atoms with Crippen LogP contribution in [-0.2, 0) is 0 Å². The van der Waals surface area contributed by atoms with E-state index in [1.807, 2.05) is 80.5 Å². The standard InChI is InChI=1S/C22H26N4O2/c1-16-8-10-18(11-9-16)26-21(22(27)23-12-13-25(2)3)15-20(24-26)17-6-5-7-19(14-17)28-4/h5-11,14-15H,12-13H2,1-4H3,(H,23,27). The summed E-state index contributed by atoms with van der Waals surface area (Å²) in [6.07, 6.45) is 0. The molecule has 3 rings (SSSR count). The molecule has 0 unspecified atom stereocenters. The highest BCUT2D eigenvalue weighted by atomic mass is 16.5. The monoisotopic (exact) mass is 378 g/mol. The minimum atomic E-state index is -0.149. The fraction of sp³-hybridized carbons (Fsp3) is 0.273. The molecular weight excluding hydrogens is 352 g/mol. The number of methoxy groups -OCH3 is 1. The lowest BCUT2D eigenvalue weighted by Crippen LogP contribution is -2.32. The molecular formula is C22H26N4O2. The van der Waals surface area contributed by atoms with Crippen LogP contribution in [0.15, 0.2) is 54.6 Å². The molecule has 0 aliphatic carbocycles. The first kappa shape index (κ1) is 19.6. The summed E-state index contributed by atoms with van der Waals surface area (Å²) in [5.74, 6) is 0.600. The Bertz CT molecular complexity index is 945. The molecule has 28 heavy (non-hydrogen) atoms. The number of carbonyl (C=O) groups is 1. The van der Waals surface area contributed by atoms with E-state index >= 15 is 0 Å². The number of ether oxygens (including phenoxy) is 1. The number of likely N-dealkylation sites (N-methyl/N-ethyl adjacent to an activating group) is 1. The Hall–Kier alpha value is -3.12. The zero-order valence-electron chi connectivity index (χ0n) is 16.8. The van der Waals surface area contributed by atoms with Gasteiger partial charge in [0, 0.05) is 18.7 Å². The largest absolute Gasteiger partial charge is 0.497 e. The van der Waals surface area contributed by atoms with Crippen molar-refractivity contribution in [3.8, 4) is 22.7 Å². The average molecular weight is 378 g/mol. The molecule has 146 valence electrons. The lowest BCUT2D eigenvalue weighted by molar-refractivity contribution is 0.0943. The number of nitrogens with zero attached hydrogens (tertiary/aromatic N) is 3. The minimum absolute atomic E-state index is 0.149. The molecule has 0 atom stereocenters. The first-order chi connectivity index (χ1) is 13.5. The fourth-order valence-corrected chi connectivity index (χ4v) is 2.83. The van der Waals surface area contributed by atoms with Gasteiger partial charge >= 0.3 is 0 Å². The molecule has 6 heteroatoms. The van der Waals surface area contributed by atoms with Gasteiger partial charge in [-0.1, -0.05) is 29.8 Å². The van der Waals surface area contributed by atoms with Crippen LogP contribution in [0, 0.1) is 6.92 Å². The van der Waals surface area contributed by atoms with Crippen molar-refractivity contribution in [2.45, 2.75) is 6.92 Å². The van der Waals surface area contributed by atoms with Crippen molar-refractivity contribution in [1.29, 1.82) is 0 Å². The maximum atomic E-state index is 12.8. The second-order valence-corrected chi connectivity index (χ2v) is 6.95. The molecule has 0 saturated heterocycles. The number of amides is 1. The second-order valence-electron chi connectivity index (χ2n) is 6.95. The van der Waals surface area contributed by atoms with Gasteiger partial charge in [0.2, 0.25) is 0 Å². The zero-order chi connectivity index (χ0) is 20.1. The SMILES string of the molecule is COc1cccc(-c2cc(C(=O)NCCN(C)C)n(-c3ccc(C)cc3)n2)c1. The third-order valence-electron chi connectivity index (χ3n) is 4.43. The number of nitrogens with one attached hydrogen (secondary N) is 1. The normalized spacial score (nSPS) is 10.9. The molecule has 0 spiro atoms. The van der Waals surface area contributed by atoms with Gasteiger partial charge in [-0.25, -0.2) is 4.68 Å². The van der Waals surface area contributed by atoms with Crippen LogP contribution in [0.4, 0.5) is 0 Å². The molecule has 3 aromatic rings. The highest BCUT2D eigenvalue weighted by Gasteiger charge is 2.17. The second kappa shape index (κ2) is 8.71. The first-order valence-corrected chi connectivity index (χ1v) is 9.22. The highest BCUT2D eigenvalue weighted by molar-refractivity contribution is 5.94. The van der Waals surface area contributed by atoms with Gasteiger partial charge in [-0.3, -0.25) is 4.79 Å². The lowest BCUT2D eigenvalue weighted by Gasteiger charge is -2.11. The van der Waals surface area contributed by atoms with Gasteiger partial charge in [0.15, 0.2) is 0 Å². The minimum Gasteiger partial charge on any atom is -0.497 e. The van der Waals surface area contributed by atoms with Crippen LogP contribution in [-0.4, -0.2) is 54.9 Å². The van der Waals surface area contributed by atoms with Crippen molar-refractivity contribution in [3.05, 3.63) is 65.9 Å². The van der Waals surface area contributed by atoms with E-state index in [1.54, 1.807) is 11.8 Å². The van der Waals surface area contributed by atoms with Crippen LogP contribution in [0.1, 0.15) is 16.1 Å². The van der Waals surface area contributed by atoms with Crippen molar-refractivity contribution >= 4 is 5.91 Å². The Labute approximate surface area is 165 Å². The molecule has 2 aromatic carbocycles. The van der Waals surface area contributed by atoms with Crippen LogP contribution >= 0.6 is 0 Å². The number of rotatable bonds is 7. The topological polar surface area (TPSA) is 59.4 Å². The summed E-state index contributed by atoms with van der Waals surface area (Å²) < 4.78 is 7.01. The quantitative estimate of drug-likeness (QED) is 0.686. The van der Waals surface area contributed by atoms with E-state index in [0.29, 0.717) is 12.2 Å². The van der Waals surface area contributed by atoms with Crippen LogP contribution in [0.3, 0.4) is 0 Å². The molecule has 1 N–H and O–H groups in total. The summed E-state index contributed by atoms with van der Waals surface area (Å²) in [7, 11) is 5.58. The maximum Gasteiger partial charge on any atom is 0.270 e. The number of benzene rings is 2. The molecule has 0 aliphatic rings. The van der Waals surface area contributed by atoms with Gasteiger partial charge in [-0.15, -0.1) is 0 Å². The van der Waals surface area contributed by atoms with Crippen molar-refractivity contribution in [1.82, 2.24) is 20.0 Å². The number of aromatic nitrogens is 2. The summed E-state index contributed by atoms with van der Waals surface area (Å²) in [6, 6.07) is 17.4. The number of aryl methyl sites for hydroxylation is 1. The number of hydrogen-bond donors (Lipinski definition) is 1. The maximum absolute atomic E-state index is 12.8. The van der Waals surface area contributed by atoms with Gasteiger partial charge in [0.05, 0.1) is 18.5 Å². The average Bonchev–Trinajstić information content (AvgIpc) is 3.14. The molecule has 1 heterocycles. The highest BCUT2D eigenvalue weighted by Crippen LogP contribution is 2.25. The van der Waals surface area contributed by atoms with Crippen molar-refractivity contribution in [2.75, 3.05) is 34.3 Å². The summed E-state index contributed by atoms with van der Waals surface area (Å²) in [4.78, 5) is 14.9. The third kappa shape index (κ3) is 4.58. The number of carbonyl (C=O) groups excluding carboxylic acids is 1. The van der Waals surface area contributed by atoms with Crippen LogP contribution in [0.5, 0.6) is 5.75 Å². The van der Waals surface area contributed by atoms with Crippen molar-refractivity contribution in [3.63, 3.8) is 0 Å². The van der Waals surface area contributed by atoms with Gasteiger partial charge in [0.25, 0.3) is 5.91 Å². The molecule has 1 amide bonds. The molecule has 0 radical (unpaired) electrons. The van der Waals surface area contributed by atoms with E-state index in [9.17, 15) is 4.79 Å². The number of hydrogen-bond acceptors (Lipinski definition) is 4. The van der Waals surface area contributed by atoms with Gasteiger partial charge < -0.3 is 15.0 Å². The smallest absolute Gasteiger partial charge is 0.270 e. The zero-order valence-corrected chi connectivity index (χ0v) is 16.8. The van der Waals surface area contributed by atoms with Crippen molar-refractivity contribution in [2.24, 2.45) is 0 Å². The Morgan fingerprint density at radius 3 is 2.57 bits per heavy atom. The van der Waals surface area contributed by atoms with Gasteiger partial charge in [-0.05, 0) is 51.4 Å². The Kier molecular flexibility index (Phi) is 6.11. The molecule has 0 saturated carbocycles. The van der Waals surface area contributed by atoms with E-state index in [2.05, 4.69) is 5.32 Å². The van der Waals surface area contributed by atoms with E-state index in [-0.39, 0.29) is 5.91 Å². The molecule has 1 aromatic heterocycles. The predicted octanol–water partition coefficient (Wildman–Crippen LogP) is 3.15. The Morgan fingerprint density at radius 1 is 1.14 bits per heavy atom. The molecule has 0 bridgehead atoms. The van der Waals surface area contributed by atoms with Crippen LogP contribution in [0.2, 0.25) is 0 Å². The van der Waals surface area contributed by atoms with E-state index in [1.165, 1.54) is 0 Å².